The molecule has 0 aliphatic rings. The van der Waals surface area contributed by atoms with Crippen molar-refractivity contribution in [2.75, 3.05) is 13.7 Å². The second-order valence-electron chi connectivity index (χ2n) is 5.31. The second kappa shape index (κ2) is 9.96. The Morgan fingerprint density at radius 2 is 1.67 bits per heavy atom. The van der Waals surface area contributed by atoms with Crippen LogP contribution in [0.1, 0.15) is 23.6 Å². The van der Waals surface area contributed by atoms with E-state index in [-0.39, 0.29) is 0 Å². The SMILES string of the molecule is CCOCc1ccccc1CNC(=NC)NCc1ccc(Cl)cc1. The standard InChI is InChI=1S/C19H24ClN3O/c1-3-24-14-17-7-5-4-6-16(17)13-23-19(21-2)22-12-15-8-10-18(20)11-9-15/h4-11H,3,12-14H2,1-2H3,(H2,21,22,23). The molecule has 0 atom stereocenters. The first-order valence-electron chi connectivity index (χ1n) is 8.06. The molecule has 4 nitrogen and oxygen atoms in total. The lowest BCUT2D eigenvalue weighted by Gasteiger charge is -2.14. The highest BCUT2D eigenvalue weighted by Gasteiger charge is 2.04. The van der Waals surface area contributed by atoms with Crippen molar-refractivity contribution < 1.29 is 4.74 Å². The Morgan fingerprint density at radius 1 is 1.00 bits per heavy atom. The van der Waals surface area contributed by atoms with E-state index in [2.05, 4.69) is 27.8 Å². The number of hydrogen-bond acceptors (Lipinski definition) is 2. The van der Waals surface area contributed by atoms with Crippen LogP contribution < -0.4 is 10.6 Å². The van der Waals surface area contributed by atoms with Crippen LogP contribution in [0.3, 0.4) is 0 Å². The van der Waals surface area contributed by atoms with Gasteiger partial charge in [-0.05, 0) is 35.7 Å². The first kappa shape index (κ1) is 18.3. The monoisotopic (exact) mass is 345 g/mol. The fourth-order valence-corrected chi connectivity index (χ4v) is 2.40. The molecule has 0 bridgehead atoms. The van der Waals surface area contributed by atoms with E-state index in [0.29, 0.717) is 26.3 Å². The van der Waals surface area contributed by atoms with Crippen LogP contribution in [0, 0.1) is 0 Å². The smallest absolute Gasteiger partial charge is 0.191 e. The molecule has 0 saturated heterocycles. The molecule has 0 spiro atoms. The molecule has 0 aliphatic heterocycles. The van der Waals surface area contributed by atoms with Crippen molar-refractivity contribution >= 4 is 17.6 Å². The lowest BCUT2D eigenvalue weighted by atomic mass is 10.1. The minimum atomic E-state index is 0.630. The second-order valence-corrected chi connectivity index (χ2v) is 5.75. The van der Waals surface area contributed by atoms with Gasteiger partial charge in [0.25, 0.3) is 0 Å². The van der Waals surface area contributed by atoms with Crippen molar-refractivity contribution in [3.63, 3.8) is 0 Å². The van der Waals surface area contributed by atoms with Crippen LogP contribution in [0.2, 0.25) is 5.02 Å². The molecule has 2 aromatic rings. The van der Waals surface area contributed by atoms with Gasteiger partial charge in [-0.1, -0.05) is 48.0 Å². The number of rotatable bonds is 7. The van der Waals surface area contributed by atoms with Gasteiger partial charge in [0.1, 0.15) is 0 Å². The van der Waals surface area contributed by atoms with Gasteiger partial charge in [0, 0.05) is 31.8 Å². The summed E-state index contributed by atoms with van der Waals surface area (Å²) >= 11 is 5.90. The maximum absolute atomic E-state index is 5.90. The molecule has 5 heteroatoms. The summed E-state index contributed by atoms with van der Waals surface area (Å²) in [5.74, 6) is 0.760. The van der Waals surface area contributed by atoms with Gasteiger partial charge in [0.05, 0.1) is 6.61 Å². The highest BCUT2D eigenvalue weighted by atomic mass is 35.5. The predicted octanol–water partition coefficient (Wildman–Crippen LogP) is 3.74. The van der Waals surface area contributed by atoms with Crippen molar-refractivity contribution in [1.29, 1.82) is 0 Å². The molecule has 0 unspecified atom stereocenters. The van der Waals surface area contributed by atoms with Gasteiger partial charge in [-0.15, -0.1) is 0 Å². The van der Waals surface area contributed by atoms with E-state index in [1.807, 2.05) is 43.3 Å². The summed E-state index contributed by atoms with van der Waals surface area (Å²) in [7, 11) is 1.77. The molecule has 2 rings (SSSR count). The zero-order chi connectivity index (χ0) is 17.2. The van der Waals surface area contributed by atoms with Gasteiger partial charge in [-0.25, -0.2) is 0 Å². The summed E-state index contributed by atoms with van der Waals surface area (Å²) in [5, 5.41) is 7.39. The van der Waals surface area contributed by atoms with Crippen LogP contribution >= 0.6 is 11.6 Å². The van der Waals surface area contributed by atoms with Gasteiger partial charge in [0.15, 0.2) is 5.96 Å². The lowest BCUT2D eigenvalue weighted by molar-refractivity contribution is 0.133. The van der Waals surface area contributed by atoms with Crippen molar-refractivity contribution in [3.8, 4) is 0 Å². The van der Waals surface area contributed by atoms with Crippen LogP contribution in [0.4, 0.5) is 0 Å². The van der Waals surface area contributed by atoms with E-state index in [0.717, 1.165) is 16.5 Å². The summed E-state index contributed by atoms with van der Waals surface area (Å²) in [6, 6.07) is 16.0. The van der Waals surface area contributed by atoms with E-state index >= 15 is 0 Å². The van der Waals surface area contributed by atoms with E-state index in [1.165, 1.54) is 11.1 Å². The zero-order valence-corrected chi connectivity index (χ0v) is 14.9. The van der Waals surface area contributed by atoms with Crippen LogP contribution in [-0.2, 0) is 24.4 Å². The fourth-order valence-electron chi connectivity index (χ4n) is 2.27. The number of nitrogens with one attached hydrogen (secondary N) is 2. The maximum Gasteiger partial charge on any atom is 0.191 e. The van der Waals surface area contributed by atoms with Gasteiger partial charge in [-0.3, -0.25) is 4.99 Å². The highest BCUT2D eigenvalue weighted by Crippen LogP contribution is 2.10. The number of halogens is 1. The number of hydrogen-bond donors (Lipinski definition) is 2. The molecule has 2 aromatic carbocycles. The molecular formula is C19H24ClN3O. The Balaban J connectivity index is 1.88. The summed E-state index contributed by atoms with van der Waals surface area (Å²) in [5.41, 5.74) is 3.56. The van der Waals surface area contributed by atoms with E-state index in [9.17, 15) is 0 Å². The number of nitrogens with zero attached hydrogens (tertiary/aromatic N) is 1. The Bertz CT molecular complexity index is 656. The van der Waals surface area contributed by atoms with Crippen LogP contribution in [-0.4, -0.2) is 19.6 Å². The Hall–Kier alpha value is -2.04. The van der Waals surface area contributed by atoms with E-state index in [4.69, 9.17) is 16.3 Å². The van der Waals surface area contributed by atoms with Gasteiger partial charge in [0.2, 0.25) is 0 Å². The largest absolute Gasteiger partial charge is 0.377 e. The number of ether oxygens (including phenoxy) is 1. The highest BCUT2D eigenvalue weighted by molar-refractivity contribution is 6.30. The van der Waals surface area contributed by atoms with Gasteiger partial charge in [-0.2, -0.15) is 0 Å². The van der Waals surface area contributed by atoms with E-state index < -0.39 is 0 Å². The lowest BCUT2D eigenvalue weighted by Crippen LogP contribution is -2.36. The fraction of sp³-hybridized carbons (Fsp3) is 0.316. The quantitative estimate of drug-likeness (QED) is 0.593. The summed E-state index contributed by atoms with van der Waals surface area (Å²) in [6.45, 7) is 4.74. The zero-order valence-electron chi connectivity index (χ0n) is 14.2. The molecule has 128 valence electrons. The van der Waals surface area contributed by atoms with Crippen LogP contribution in [0.15, 0.2) is 53.5 Å². The first-order valence-corrected chi connectivity index (χ1v) is 8.44. The summed E-state index contributed by atoms with van der Waals surface area (Å²) in [6.07, 6.45) is 0. The third-order valence-corrected chi connectivity index (χ3v) is 3.88. The Kier molecular flexibility index (Phi) is 7.59. The van der Waals surface area contributed by atoms with Crippen molar-refractivity contribution in [3.05, 3.63) is 70.2 Å². The van der Waals surface area contributed by atoms with Gasteiger partial charge < -0.3 is 15.4 Å². The molecule has 24 heavy (non-hydrogen) atoms. The Morgan fingerprint density at radius 3 is 2.33 bits per heavy atom. The molecule has 2 N–H and O–H groups in total. The normalized spacial score (nSPS) is 11.4. The minimum Gasteiger partial charge on any atom is -0.377 e. The first-order chi connectivity index (χ1) is 11.7. The van der Waals surface area contributed by atoms with Gasteiger partial charge >= 0.3 is 0 Å². The maximum atomic E-state index is 5.90. The molecule has 0 radical (unpaired) electrons. The third kappa shape index (κ3) is 5.87. The molecule has 0 aromatic heterocycles. The third-order valence-electron chi connectivity index (χ3n) is 3.62. The predicted molar refractivity (Wildman–Crippen MR) is 100 cm³/mol. The molecule has 0 heterocycles. The number of benzene rings is 2. The molecular weight excluding hydrogens is 322 g/mol. The number of guanidine groups is 1. The molecule has 0 amide bonds. The van der Waals surface area contributed by atoms with Crippen LogP contribution in [0.25, 0.3) is 0 Å². The number of aliphatic imine (C=N–C) groups is 1. The average molecular weight is 346 g/mol. The topological polar surface area (TPSA) is 45.6 Å². The van der Waals surface area contributed by atoms with Crippen LogP contribution in [0.5, 0.6) is 0 Å². The Labute approximate surface area is 148 Å². The molecule has 0 fully saturated rings. The van der Waals surface area contributed by atoms with Crippen molar-refractivity contribution in [1.82, 2.24) is 10.6 Å². The average Bonchev–Trinajstić information content (AvgIpc) is 2.62. The van der Waals surface area contributed by atoms with E-state index in [1.54, 1.807) is 7.05 Å². The minimum absolute atomic E-state index is 0.630. The molecule has 0 saturated carbocycles. The summed E-state index contributed by atoms with van der Waals surface area (Å²) < 4.78 is 5.52. The van der Waals surface area contributed by atoms with Crippen molar-refractivity contribution in [2.45, 2.75) is 26.6 Å². The molecule has 0 aliphatic carbocycles. The van der Waals surface area contributed by atoms with Crippen molar-refractivity contribution in [2.24, 2.45) is 4.99 Å². The summed E-state index contributed by atoms with van der Waals surface area (Å²) in [4.78, 5) is 4.26.